The van der Waals surface area contributed by atoms with Crippen molar-refractivity contribution in [3.05, 3.63) is 96.1 Å². The summed E-state index contributed by atoms with van der Waals surface area (Å²) in [5.74, 6) is -1.53. The first-order chi connectivity index (χ1) is 20.2. The summed E-state index contributed by atoms with van der Waals surface area (Å²) in [5, 5.41) is 9.40. The summed E-state index contributed by atoms with van der Waals surface area (Å²) in [4.78, 5) is 35.2. The van der Waals surface area contributed by atoms with Crippen molar-refractivity contribution in [3.8, 4) is 11.4 Å². The molecule has 42 heavy (non-hydrogen) atoms. The number of benzene rings is 2. The summed E-state index contributed by atoms with van der Waals surface area (Å²) in [6, 6.07) is 18.1. The molecule has 5 rings (SSSR count). The van der Waals surface area contributed by atoms with E-state index in [4.69, 9.17) is 4.52 Å². The molecule has 0 saturated carbocycles. The van der Waals surface area contributed by atoms with Gasteiger partial charge in [0, 0.05) is 17.3 Å². The van der Waals surface area contributed by atoms with Crippen LogP contribution in [0.25, 0.3) is 11.4 Å². The van der Waals surface area contributed by atoms with Crippen LogP contribution in [-0.4, -0.2) is 63.5 Å². The molecular formula is C28H26N6O6S2. The quantitative estimate of drug-likeness (QED) is 0.190. The second-order valence-electron chi connectivity index (χ2n) is 9.30. The van der Waals surface area contributed by atoms with Crippen LogP contribution in [0.2, 0.25) is 0 Å². The maximum atomic E-state index is 13.6. The number of amidine groups is 1. The molecule has 0 bridgehead atoms. The summed E-state index contributed by atoms with van der Waals surface area (Å²) in [5.41, 5.74) is 1.51. The van der Waals surface area contributed by atoms with Crippen molar-refractivity contribution in [1.82, 2.24) is 25.8 Å². The molecule has 12 nitrogen and oxygen atoms in total. The molecule has 2 aromatic carbocycles. The van der Waals surface area contributed by atoms with Gasteiger partial charge >= 0.3 is 0 Å². The van der Waals surface area contributed by atoms with Gasteiger partial charge in [0.25, 0.3) is 15.9 Å². The number of sulfonamides is 1. The minimum atomic E-state index is -3.97. The second-order valence-corrected chi connectivity index (χ2v) is 12.4. The third kappa shape index (κ3) is 6.56. The number of rotatable bonds is 11. The predicted molar refractivity (Wildman–Crippen MR) is 154 cm³/mol. The van der Waals surface area contributed by atoms with Crippen LogP contribution < -0.4 is 10.6 Å². The second kappa shape index (κ2) is 12.6. The molecule has 2 N–H and O–H groups in total. The van der Waals surface area contributed by atoms with Gasteiger partial charge in [-0.3, -0.25) is 14.6 Å². The van der Waals surface area contributed by atoms with Gasteiger partial charge in [-0.1, -0.05) is 60.6 Å². The van der Waals surface area contributed by atoms with Crippen molar-refractivity contribution in [1.29, 1.82) is 0 Å². The Morgan fingerprint density at radius 1 is 1.00 bits per heavy atom. The summed E-state index contributed by atoms with van der Waals surface area (Å²) < 4.78 is 47.3. The van der Waals surface area contributed by atoms with Crippen LogP contribution >= 0.6 is 0 Å². The fourth-order valence-corrected chi connectivity index (χ4v) is 6.66. The van der Waals surface area contributed by atoms with Gasteiger partial charge < -0.3 is 19.7 Å². The molecule has 0 spiro atoms. The van der Waals surface area contributed by atoms with E-state index in [2.05, 4.69) is 30.2 Å². The van der Waals surface area contributed by atoms with Crippen LogP contribution in [0.5, 0.6) is 0 Å². The monoisotopic (exact) mass is 606 g/mol. The average Bonchev–Trinajstić information content (AvgIpc) is 3.59. The number of ketones is 1. The molecule has 1 aliphatic rings. The zero-order chi connectivity index (χ0) is 29.7. The van der Waals surface area contributed by atoms with E-state index in [1.807, 2.05) is 6.07 Å². The van der Waals surface area contributed by atoms with Crippen molar-refractivity contribution >= 4 is 38.7 Å². The fourth-order valence-electron chi connectivity index (χ4n) is 4.25. The first-order valence-electron chi connectivity index (χ1n) is 12.9. The van der Waals surface area contributed by atoms with Crippen LogP contribution in [0.4, 0.5) is 0 Å². The van der Waals surface area contributed by atoms with Crippen LogP contribution in [0.3, 0.4) is 0 Å². The molecule has 2 aromatic heterocycles. The van der Waals surface area contributed by atoms with Gasteiger partial charge in [-0.25, -0.2) is 0 Å². The highest BCUT2D eigenvalue weighted by molar-refractivity contribution is 7.91. The number of hydrogen-bond donors (Lipinski definition) is 2. The van der Waals surface area contributed by atoms with Crippen LogP contribution in [0, 0.1) is 0 Å². The van der Waals surface area contributed by atoms with E-state index < -0.39 is 45.0 Å². The average molecular weight is 607 g/mol. The van der Waals surface area contributed by atoms with Gasteiger partial charge in [0.15, 0.2) is 6.04 Å². The summed E-state index contributed by atoms with van der Waals surface area (Å²) in [6.07, 6.45) is 1.76. The number of fused-ring (bicyclic) bond motifs is 1. The highest BCUT2D eigenvalue weighted by Crippen LogP contribution is 2.25. The third-order valence-electron chi connectivity index (χ3n) is 6.36. The highest BCUT2D eigenvalue weighted by Gasteiger charge is 2.35. The predicted octanol–water partition coefficient (Wildman–Crippen LogP) is 2.27. The molecule has 0 saturated heterocycles. The number of Topliss-reactive ketones (excluding diaryl/α,β-unsaturated/α-hetero) is 1. The topological polar surface area (TPSA) is 180 Å². The number of aromatic nitrogens is 3. The van der Waals surface area contributed by atoms with E-state index in [1.165, 1.54) is 6.07 Å². The number of amides is 1. The Hall–Kier alpha value is -4.40. The summed E-state index contributed by atoms with van der Waals surface area (Å²) in [7, 11) is -3.97. The lowest BCUT2D eigenvalue weighted by molar-refractivity contribution is -0.122. The lowest BCUT2D eigenvalue weighted by atomic mass is 10.1. The van der Waals surface area contributed by atoms with Gasteiger partial charge in [0.1, 0.15) is 22.2 Å². The third-order valence-corrected chi connectivity index (χ3v) is 9.01. The first kappa shape index (κ1) is 29.1. The molecule has 3 heterocycles. The van der Waals surface area contributed by atoms with Crippen molar-refractivity contribution in [3.63, 3.8) is 0 Å². The van der Waals surface area contributed by atoms with Crippen molar-refractivity contribution in [2.75, 3.05) is 5.75 Å². The van der Waals surface area contributed by atoms with E-state index in [9.17, 15) is 22.6 Å². The number of nitrogens with one attached hydrogen (secondary N) is 2. The molecule has 0 fully saturated rings. The normalized spacial score (nSPS) is 15.6. The van der Waals surface area contributed by atoms with E-state index in [1.54, 1.807) is 73.8 Å². The lowest BCUT2D eigenvalue weighted by Gasteiger charge is -2.23. The minimum absolute atomic E-state index is 0.00603. The Morgan fingerprint density at radius 2 is 1.74 bits per heavy atom. The maximum Gasteiger partial charge on any atom is 0.296 e. The van der Waals surface area contributed by atoms with Gasteiger partial charge in [-0.05, 0) is 41.9 Å². The zero-order valence-corrected chi connectivity index (χ0v) is 24.0. The van der Waals surface area contributed by atoms with Crippen LogP contribution in [0.15, 0.2) is 92.8 Å². The number of carbonyl (C=O) groups excluding carboxylic acids is 2. The van der Waals surface area contributed by atoms with E-state index in [-0.39, 0.29) is 45.9 Å². The van der Waals surface area contributed by atoms with E-state index in [0.717, 1.165) is 0 Å². The number of hydrogen-bond acceptors (Lipinski definition) is 10. The Labute approximate surface area is 244 Å². The van der Waals surface area contributed by atoms with Crippen molar-refractivity contribution in [2.24, 2.45) is 4.40 Å². The molecule has 1 aliphatic heterocycles. The van der Waals surface area contributed by atoms with Gasteiger partial charge in [0.05, 0.1) is 11.7 Å². The lowest BCUT2D eigenvalue weighted by Crippen LogP contribution is -2.54. The Bertz CT molecular complexity index is 1710. The Morgan fingerprint density at radius 3 is 2.48 bits per heavy atom. The summed E-state index contributed by atoms with van der Waals surface area (Å²) >= 11 is -1.60. The zero-order valence-electron chi connectivity index (χ0n) is 22.3. The van der Waals surface area contributed by atoms with Crippen molar-refractivity contribution < 1.29 is 27.1 Å². The van der Waals surface area contributed by atoms with Crippen molar-refractivity contribution in [2.45, 2.75) is 36.1 Å². The molecule has 3 atom stereocenters. The number of pyridine rings is 1. The van der Waals surface area contributed by atoms with Gasteiger partial charge in [-0.15, -0.1) is 4.40 Å². The maximum absolute atomic E-state index is 13.6. The summed E-state index contributed by atoms with van der Waals surface area (Å²) in [6.45, 7) is 1.70. The largest absolute Gasteiger partial charge is 0.616 e. The molecule has 1 amide bonds. The SMILES string of the molecule is CC[C@H](NC(=O)[C@H](C[S+]([O-])Cc1ccccn1)NC1=NS(=O)(=O)c2ccccc21)C(=O)c1nc(-c2ccccc2)no1. The highest BCUT2D eigenvalue weighted by atomic mass is 32.2. The molecule has 1 unspecified atom stereocenters. The fraction of sp³-hybridized carbons (Fsp3) is 0.214. The Balaban J connectivity index is 1.36. The van der Waals surface area contributed by atoms with Gasteiger partial charge in [0.2, 0.25) is 17.5 Å². The van der Waals surface area contributed by atoms with E-state index >= 15 is 0 Å². The van der Waals surface area contributed by atoms with Crippen LogP contribution in [0.1, 0.15) is 35.3 Å². The first-order valence-corrected chi connectivity index (χ1v) is 15.9. The molecule has 14 heteroatoms. The standard InChI is InChI=1S/C28H26N6O6S2/c1-2-21(24(35)28-32-25(33-40-28)18-10-4-3-5-11-18)31-27(36)22(17-41(37)16-19-12-8-9-15-29-19)30-26-20-13-6-7-14-23(20)42(38,39)34-26/h3-15,21-22H,2,16-17H2,1H3,(H,30,34)(H,31,36)/t21-,22-,41?/m0/s1. The van der Waals surface area contributed by atoms with Gasteiger partial charge in [-0.2, -0.15) is 13.4 Å². The minimum Gasteiger partial charge on any atom is -0.616 e. The van der Waals surface area contributed by atoms with Crippen LogP contribution in [-0.2, 0) is 31.7 Å². The molecule has 216 valence electrons. The Kier molecular flexibility index (Phi) is 8.75. The number of carbonyl (C=O) groups is 2. The molecule has 4 aromatic rings. The molecular weight excluding hydrogens is 580 g/mol. The molecule has 0 aliphatic carbocycles. The smallest absolute Gasteiger partial charge is 0.296 e. The van der Waals surface area contributed by atoms with E-state index in [0.29, 0.717) is 11.3 Å². The number of nitrogens with zero attached hydrogens (tertiary/aromatic N) is 4. The molecule has 0 radical (unpaired) electrons.